The SMILES string of the molecule is Cc1nn(C(C)C)c(C)c1NC(=O)[C@@H]1CC[C@H](C(=O)O)O1. The fraction of sp³-hybridized carbons (Fsp3) is 0.643. The Morgan fingerprint density at radius 2 is 1.95 bits per heavy atom. The van der Waals surface area contributed by atoms with Crippen molar-refractivity contribution in [2.45, 2.75) is 58.8 Å². The molecule has 7 nitrogen and oxygen atoms in total. The molecule has 1 saturated heterocycles. The van der Waals surface area contributed by atoms with Crippen LogP contribution in [0.3, 0.4) is 0 Å². The number of carboxylic acids is 1. The molecule has 2 heterocycles. The van der Waals surface area contributed by atoms with Gasteiger partial charge in [-0.1, -0.05) is 0 Å². The molecular weight excluding hydrogens is 274 g/mol. The minimum Gasteiger partial charge on any atom is -0.479 e. The maximum absolute atomic E-state index is 12.2. The molecule has 21 heavy (non-hydrogen) atoms. The van der Waals surface area contributed by atoms with E-state index in [-0.39, 0.29) is 11.9 Å². The van der Waals surface area contributed by atoms with Gasteiger partial charge in [0.1, 0.15) is 6.10 Å². The summed E-state index contributed by atoms with van der Waals surface area (Å²) in [5.41, 5.74) is 2.29. The molecule has 1 aromatic rings. The fourth-order valence-electron chi connectivity index (χ4n) is 2.56. The highest BCUT2D eigenvalue weighted by Gasteiger charge is 2.35. The van der Waals surface area contributed by atoms with Crippen LogP contribution < -0.4 is 5.32 Å². The van der Waals surface area contributed by atoms with E-state index in [1.165, 1.54) is 0 Å². The predicted molar refractivity (Wildman–Crippen MR) is 76.2 cm³/mol. The summed E-state index contributed by atoms with van der Waals surface area (Å²) in [5.74, 6) is -1.33. The number of aliphatic carboxylic acids is 1. The third-order valence-electron chi connectivity index (χ3n) is 3.65. The van der Waals surface area contributed by atoms with Crippen molar-refractivity contribution in [3.8, 4) is 0 Å². The number of amides is 1. The Labute approximate surface area is 123 Å². The Morgan fingerprint density at radius 1 is 1.33 bits per heavy atom. The number of rotatable bonds is 4. The zero-order valence-electron chi connectivity index (χ0n) is 12.7. The molecule has 0 spiro atoms. The minimum absolute atomic E-state index is 0.202. The summed E-state index contributed by atoms with van der Waals surface area (Å²) in [4.78, 5) is 23.0. The molecule has 0 aliphatic carbocycles. The van der Waals surface area contributed by atoms with Crippen LogP contribution in [-0.2, 0) is 14.3 Å². The molecule has 0 bridgehead atoms. The fourth-order valence-corrected chi connectivity index (χ4v) is 2.56. The molecule has 2 N–H and O–H groups in total. The molecule has 7 heteroatoms. The van der Waals surface area contributed by atoms with Crippen LogP contribution in [0.2, 0.25) is 0 Å². The number of nitrogens with zero attached hydrogens (tertiary/aromatic N) is 2. The van der Waals surface area contributed by atoms with Crippen LogP contribution >= 0.6 is 0 Å². The number of carboxylic acid groups (broad SMARTS) is 1. The van der Waals surface area contributed by atoms with E-state index in [2.05, 4.69) is 10.4 Å². The Bertz CT molecular complexity index is 565. The number of hydrogen-bond acceptors (Lipinski definition) is 4. The lowest BCUT2D eigenvalue weighted by Gasteiger charge is -2.13. The molecule has 0 saturated carbocycles. The molecule has 1 aliphatic rings. The van der Waals surface area contributed by atoms with Crippen molar-refractivity contribution in [2.75, 3.05) is 5.32 Å². The average Bonchev–Trinajstić information content (AvgIpc) is 2.99. The highest BCUT2D eigenvalue weighted by Crippen LogP contribution is 2.25. The van der Waals surface area contributed by atoms with E-state index in [0.29, 0.717) is 18.5 Å². The zero-order chi connectivity index (χ0) is 15.7. The van der Waals surface area contributed by atoms with Gasteiger partial charge in [0, 0.05) is 6.04 Å². The van der Waals surface area contributed by atoms with Gasteiger partial charge in [-0.2, -0.15) is 5.10 Å². The van der Waals surface area contributed by atoms with E-state index >= 15 is 0 Å². The lowest BCUT2D eigenvalue weighted by atomic mass is 10.2. The molecule has 1 fully saturated rings. The van der Waals surface area contributed by atoms with Crippen molar-refractivity contribution in [1.29, 1.82) is 0 Å². The van der Waals surface area contributed by atoms with Crippen LogP contribution in [0.5, 0.6) is 0 Å². The van der Waals surface area contributed by atoms with Crippen LogP contribution in [0.15, 0.2) is 0 Å². The lowest BCUT2D eigenvalue weighted by molar-refractivity contribution is -0.150. The van der Waals surface area contributed by atoms with E-state index in [9.17, 15) is 9.59 Å². The third kappa shape index (κ3) is 3.07. The Hall–Kier alpha value is -1.89. The summed E-state index contributed by atoms with van der Waals surface area (Å²) >= 11 is 0. The standard InChI is InChI=1S/C14H21N3O4/c1-7(2)17-9(4)12(8(3)16-17)15-13(18)10-5-6-11(21-10)14(19)20/h7,10-11H,5-6H2,1-4H3,(H,15,18)(H,19,20)/t10-,11+/m0/s1. The Balaban J connectivity index is 2.09. The van der Waals surface area contributed by atoms with Crippen molar-refractivity contribution in [2.24, 2.45) is 0 Å². The molecule has 116 valence electrons. The number of carbonyl (C=O) groups excluding carboxylic acids is 1. The average molecular weight is 295 g/mol. The molecule has 1 aromatic heterocycles. The minimum atomic E-state index is -1.02. The number of ether oxygens (including phenoxy) is 1. The van der Waals surface area contributed by atoms with Crippen LogP contribution in [-0.4, -0.2) is 39.0 Å². The van der Waals surface area contributed by atoms with Crippen molar-refractivity contribution in [1.82, 2.24) is 9.78 Å². The van der Waals surface area contributed by atoms with Crippen molar-refractivity contribution < 1.29 is 19.4 Å². The Morgan fingerprint density at radius 3 is 2.43 bits per heavy atom. The highest BCUT2D eigenvalue weighted by molar-refractivity contribution is 5.95. The van der Waals surface area contributed by atoms with Gasteiger partial charge in [0.25, 0.3) is 5.91 Å². The van der Waals surface area contributed by atoms with Gasteiger partial charge in [-0.05, 0) is 40.5 Å². The van der Waals surface area contributed by atoms with Gasteiger partial charge in [0.05, 0.1) is 17.1 Å². The molecule has 1 amide bonds. The second-order valence-electron chi connectivity index (χ2n) is 5.60. The quantitative estimate of drug-likeness (QED) is 0.881. The maximum atomic E-state index is 12.2. The summed E-state index contributed by atoms with van der Waals surface area (Å²) < 4.78 is 7.10. The van der Waals surface area contributed by atoms with Crippen LogP contribution in [0.25, 0.3) is 0 Å². The summed E-state index contributed by atoms with van der Waals surface area (Å²) in [5, 5.41) is 16.1. The van der Waals surface area contributed by atoms with Crippen LogP contribution in [0.1, 0.15) is 44.1 Å². The third-order valence-corrected chi connectivity index (χ3v) is 3.65. The van der Waals surface area contributed by atoms with Gasteiger partial charge in [-0.3, -0.25) is 9.48 Å². The van der Waals surface area contributed by atoms with E-state index in [0.717, 1.165) is 11.4 Å². The summed E-state index contributed by atoms with van der Waals surface area (Å²) in [6, 6.07) is 0.202. The first kappa shape index (κ1) is 15.5. The van der Waals surface area contributed by atoms with E-state index in [1.807, 2.05) is 32.4 Å². The summed E-state index contributed by atoms with van der Waals surface area (Å²) in [6.07, 6.45) is -0.829. The van der Waals surface area contributed by atoms with Crippen LogP contribution in [0.4, 0.5) is 5.69 Å². The first-order chi connectivity index (χ1) is 9.81. The second-order valence-corrected chi connectivity index (χ2v) is 5.60. The van der Waals surface area contributed by atoms with Gasteiger partial charge in [0.15, 0.2) is 6.10 Å². The number of aromatic nitrogens is 2. The number of anilines is 1. The molecule has 1 aliphatic heterocycles. The van der Waals surface area contributed by atoms with Gasteiger partial charge in [-0.15, -0.1) is 0 Å². The first-order valence-electron chi connectivity index (χ1n) is 7.06. The largest absolute Gasteiger partial charge is 0.479 e. The summed E-state index contributed by atoms with van der Waals surface area (Å²) in [7, 11) is 0. The molecular formula is C14H21N3O4. The normalized spacial score (nSPS) is 21.8. The smallest absolute Gasteiger partial charge is 0.332 e. The topological polar surface area (TPSA) is 93.5 Å². The van der Waals surface area contributed by atoms with Crippen molar-refractivity contribution in [3.05, 3.63) is 11.4 Å². The molecule has 0 unspecified atom stereocenters. The zero-order valence-corrected chi connectivity index (χ0v) is 12.7. The van der Waals surface area contributed by atoms with E-state index in [1.54, 1.807) is 0 Å². The Kier molecular flexibility index (Phi) is 4.32. The number of carbonyl (C=O) groups is 2. The van der Waals surface area contributed by atoms with Gasteiger partial charge >= 0.3 is 5.97 Å². The number of hydrogen-bond donors (Lipinski definition) is 2. The van der Waals surface area contributed by atoms with Crippen LogP contribution in [0, 0.1) is 13.8 Å². The van der Waals surface area contributed by atoms with E-state index in [4.69, 9.17) is 9.84 Å². The molecule has 2 atom stereocenters. The maximum Gasteiger partial charge on any atom is 0.332 e. The van der Waals surface area contributed by atoms with Crippen molar-refractivity contribution in [3.63, 3.8) is 0 Å². The monoisotopic (exact) mass is 295 g/mol. The highest BCUT2D eigenvalue weighted by atomic mass is 16.5. The van der Waals surface area contributed by atoms with Gasteiger partial charge < -0.3 is 15.2 Å². The second kappa shape index (κ2) is 5.85. The lowest BCUT2D eigenvalue weighted by Crippen LogP contribution is -2.30. The first-order valence-corrected chi connectivity index (χ1v) is 7.06. The van der Waals surface area contributed by atoms with Gasteiger partial charge in [0.2, 0.25) is 0 Å². The van der Waals surface area contributed by atoms with E-state index < -0.39 is 18.2 Å². The summed E-state index contributed by atoms with van der Waals surface area (Å²) in [6.45, 7) is 7.76. The predicted octanol–water partition coefficient (Wildman–Crippen LogP) is 1.65. The van der Waals surface area contributed by atoms with Gasteiger partial charge in [-0.25, -0.2) is 4.79 Å². The number of nitrogens with one attached hydrogen (secondary N) is 1. The van der Waals surface area contributed by atoms with Crippen molar-refractivity contribution >= 4 is 17.6 Å². The molecule has 2 rings (SSSR count). The number of aryl methyl sites for hydroxylation is 1. The molecule has 0 aromatic carbocycles. The molecule has 0 radical (unpaired) electrons.